The maximum atomic E-state index is 12.3. The average molecular weight is 267 g/mol. The van der Waals surface area contributed by atoms with Crippen LogP contribution in [-0.4, -0.2) is 36.0 Å². The van der Waals surface area contributed by atoms with Gasteiger partial charge in [0.05, 0.1) is 13.0 Å². The molecule has 0 spiro atoms. The highest BCUT2D eigenvalue weighted by atomic mass is 16.5. The third-order valence-corrected chi connectivity index (χ3v) is 4.09. The summed E-state index contributed by atoms with van der Waals surface area (Å²) in [6.07, 6.45) is 8.28. The molecule has 2 saturated carbocycles. The number of carbonyl (C=O) groups is 2. The Morgan fingerprint density at radius 3 is 2.37 bits per heavy atom. The van der Waals surface area contributed by atoms with Gasteiger partial charge in [-0.2, -0.15) is 0 Å². The minimum atomic E-state index is -0.188. The molecule has 19 heavy (non-hydrogen) atoms. The lowest BCUT2D eigenvalue weighted by Gasteiger charge is -2.34. The standard InChI is InChI=1S/C15H25NO3/c1-2-19-14(17)10-11-16(15(18)12-8-9-12)13-6-4-3-5-7-13/h12-13H,2-11H2,1H3. The Labute approximate surface area is 115 Å². The maximum Gasteiger partial charge on any atom is 0.307 e. The number of amides is 1. The van der Waals surface area contributed by atoms with Gasteiger partial charge in [0.1, 0.15) is 0 Å². The molecule has 0 atom stereocenters. The maximum absolute atomic E-state index is 12.3. The molecule has 4 heteroatoms. The first-order valence-corrected chi connectivity index (χ1v) is 7.68. The Kier molecular flexibility index (Phi) is 5.23. The summed E-state index contributed by atoms with van der Waals surface area (Å²) >= 11 is 0. The van der Waals surface area contributed by atoms with E-state index < -0.39 is 0 Å². The summed E-state index contributed by atoms with van der Waals surface area (Å²) in [4.78, 5) is 25.8. The van der Waals surface area contributed by atoms with Crippen LogP contribution < -0.4 is 0 Å². The van der Waals surface area contributed by atoms with Crippen molar-refractivity contribution < 1.29 is 14.3 Å². The van der Waals surface area contributed by atoms with E-state index >= 15 is 0 Å². The number of ether oxygens (including phenoxy) is 1. The Morgan fingerprint density at radius 1 is 1.11 bits per heavy atom. The van der Waals surface area contributed by atoms with Gasteiger partial charge >= 0.3 is 5.97 Å². The second-order valence-electron chi connectivity index (χ2n) is 5.65. The summed E-state index contributed by atoms with van der Waals surface area (Å²) < 4.78 is 4.96. The highest BCUT2D eigenvalue weighted by Gasteiger charge is 2.36. The van der Waals surface area contributed by atoms with Gasteiger partial charge in [-0.3, -0.25) is 9.59 Å². The molecule has 0 radical (unpaired) electrons. The molecule has 2 rings (SSSR count). The molecule has 1 amide bonds. The van der Waals surface area contributed by atoms with Crippen LogP contribution in [0, 0.1) is 5.92 Å². The van der Waals surface area contributed by atoms with Gasteiger partial charge in [-0.1, -0.05) is 19.3 Å². The van der Waals surface area contributed by atoms with Crippen LogP contribution in [-0.2, 0) is 14.3 Å². The van der Waals surface area contributed by atoms with Crippen LogP contribution in [0.4, 0.5) is 0 Å². The van der Waals surface area contributed by atoms with Gasteiger partial charge in [-0.15, -0.1) is 0 Å². The first-order valence-electron chi connectivity index (χ1n) is 7.68. The van der Waals surface area contributed by atoms with Crippen molar-refractivity contribution in [2.24, 2.45) is 5.92 Å². The van der Waals surface area contributed by atoms with Crippen molar-refractivity contribution in [3.63, 3.8) is 0 Å². The fourth-order valence-electron chi connectivity index (χ4n) is 2.88. The average Bonchev–Trinajstić information content (AvgIpc) is 3.24. The molecule has 0 bridgehead atoms. The van der Waals surface area contributed by atoms with Crippen LogP contribution >= 0.6 is 0 Å². The van der Waals surface area contributed by atoms with Crippen molar-refractivity contribution in [2.75, 3.05) is 13.2 Å². The topological polar surface area (TPSA) is 46.6 Å². The number of nitrogens with zero attached hydrogens (tertiary/aromatic N) is 1. The second-order valence-corrected chi connectivity index (χ2v) is 5.65. The zero-order valence-electron chi connectivity index (χ0n) is 11.9. The monoisotopic (exact) mass is 267 g/mol. The van der Waals surface area contributed by atoms with Crippen molar-refractivity contribution in [3.8, 4) is 0 Å². The lowest BCUT2D eigenvalue weighted by molar-refractivity contribution is -0.145. The molecule has 2 fully saturated rings. The summed E-state index contributed by atoms with van der Waals surface area (Å²) in [7, 11) is 0. The van der Waals surface area contributed by atoms with E-state index in [-0.39, 0.29) is 17.8 Å². The molecule has 4 nitrogen and oxygen atoms in total. The van der Waals surface area contributed by atoms with E-state index in [0.29, 0.717) is 25.6 Å². The summed E-state index contributed by atoms with van der Waals surface area (Å²) in [6, 6.07) is 0.358. The van der Waals surface area contributed by atoms with Crippen molar-refractivity contribution in [3.05, 3.63) is 0 Å². The van der Waals surface area contributed by atoms with Gasteiger partial charge in [0.25, 0.3) is 0 Å². The van der Waals surface area contributed by atoms with E-state index in [4.69, 9.17) is 4.74 Å². The predicted octanol–water partition coefficient (Wildman–Crippen LogP) is 2.51. The molecule has 0 saturated heterocycles. The lowest BCUT2D eigenvalue weighted by atomic mass is 9.93. The first kappa shape index (κ1) is 14.4. The Hall–Kier alpha value is -1.06. The molecule has 2 aliphatic carbocycles. The summed E-state index contributed by atoms with van der Waals surface area (Å²) in [6.45, 7) is 2.77. The van der Waals surface area contributed by atoms with Crippen molar-refractivity contribution in [1.82, 2.24) is 4.90 Å². The van der Waals surface area contributed by atoms with Crippen LogP contribution in [0.1, 0.15) is 58.3 Å². The van der Waals surface area contributed by atoms with E-state index in [1.54, 1.807) is 0 Å². The largest absolute Gasteiger partial charge is 0.466 e. The number of rotatable bonds is 6. The number of hydrogen-bond donors (Lipinski definition) is 0. The molecule has 0 unspecified atom stereocenters. The van der Waals surface area contributed by atoms with E-state index in [0.717, 1.165) is 25.7 Å². The number of esters is 1. The smallest absolute Gasteiger partial charge is 0.307 e. The molecule has 2 aliphatic rings. The minimum Gasteiger partial charge on any atom is -0.466 e. The lowest BCUT2D eigenvalue weighted by Crippen LogP contribution is -2.43. The molecule has 0 N–H and O–H groups in total. The van der Waals surface area contributed by atoms with E-state index in [2.05, 4.69) is 0 Å². The third kappa shape index (κ3) is 4.22. The summed E-state index contributed by atoms with van der Waals surface area (Å²) in [5.41, 5.74) is 0. The fourth-order valence-corrected chi connectivity index (χ4v) is 2.88. The summed E-state index contributed by atoms with van der Waals surface area (Å²) in [5.74, 6) is 0.326. The van der Waals surface area contributed by atoms with Gasteiger partial charge in [-0.05, 0) is 32.6 Å². The third-order valence-electron chi connectivity index (χ3n) is 4.09. The van der Waals surface area contributed by atoms with Crippen LogP contribution in [0.25, 0.3) is 0 Å². The number of carbonyl (C=O) groups excluding carboxylic acids is 2. The molecule has 0 aromatic heterocycles. The van der Waals surface area contributed by atoms with Crippen molar-refractivity contribution in [1.29, 1.82) is 0 Å². The van der Waals surface area contributed by atoms with Gasteiger partial charge < -0.3 is 9.64 Å². The normalized spacial score (nSPS) is 20.1. The molecule has 0 aromatic carbocycles. The molecule has 0 aliphatic heterocycles. The van der Waals surface area contributed by atoms with Crippen LogP contribution in [0.3, 0.4) is 0 Å². The predicted molar refractivity (Wildman–Crippen MR) is 72.6 cm³/mol. The second kappa shape index (κ2) is 6.92. The quantitative estimate of drug-likeness (QED) is 0.695. The molecule has 0 heterocycles. The minimum absolute atomic E-state index is 0.188. The van der Waals surface area contributed by atoms with E-state index in [9.17, 15) is 9.59 Å². The molecular weight excluding hydrogens is 242 g/mol. The van der Waals surface area contributed by atoms with Gasteiger partial charge in [-0.25, -0.2) is 0 Å². The number of hydrogen-bond acceptors (Lipinski definition) is 3. The van der Waals surface area contributed by atoms with Crippen LogP contribution in [0.15, 0.2) is 0 Å². The van der Waals surface area contributed by atoms with Gasteiger partial charge in [0, 0.05) is 18.5 Å². The fraction of sp³-hybridized carbons (Fsp3) is 0.867. The Balaban J connectivity index is 1.89. The zero-order valence-corrected chi connectivity index (χ0v) is 11.9. The van der Waals surface area contributed by atoms with Crippen molar-refractivity contribution >= 4 is 11.9 Å². The SMILES string of the molecule is CCOC(=O)CCN(C(=O)C1CC1)C1CCCCC1. The van der Waals surface area contributed by atoms with Gasteiger partial charge in [0.2, 0.25) is 5.91 Å². The van der Waals surface area contributed by atoms with E-state index in [1.807, 2.05) is 11.8 Å². The highest BCUT2D eigenvalue weighted by molar-refractivity contribution is 5.82. The molecular formula is C15H25NO3. The van der Waals surface area contributed by atoms with Crippen LogP contribution in [0.5, 0.6) is 0 Å². The van der Waals surface area contributed by atoms with Crippen molar-refractivity contribution in [2.45, 2.75) is 64.3 Å². The molecule has 0 aromatic rings. The Bertz CT molecular complexity index is 319. The van der Waals surface area contributed by atoms with Crippen LogP contribution in [0.2, 0.25) is 0 Å². The van der Waals surface area contributed by atoms with Gasteiger partial charge in [0.15, 0.2) is 0 Å². The summed E-state index contributed by atoms with van der Waals surface area (Å²) in [5, 5.41) is 0. The first-order chi connectivity index (χ1) is 9.22. The molecule has 108 valence electrons. The zero-order chi connectivity index (χ0) is 13.7. The Morgan fingerprint density at radius 2 is 1.79 bits per heavy atom. The van der Waals surface area contributed by atoms with E-state index in [1.165, 1.54) is 19.3 Å². The highest BCUT2D eigenvalue weighted by Crippen LogP contribution is 2.33.